The van der Waals surface area contributed by atoms with E-state index in [1.54, 1.807) is 26.0 Å². The molecule has 0 aliphatic heterocycles. The number of carbonyl (C=O) groups excluding carboxylic acids is 1. The van der Waals surface area contributed by atoms with E-state index < -0.39 is 11.5 Å². The number of benzene rings is 2. The minimum absolute atomic E-state index is 0.422. The Kier molecular flexibility index (Phi) is 5.53. The number of nitrogens with zero attached hydrogens (tertiary/aromatic N) is 1. The Morgan fingerprint density at radius 3 is 2.00 bits per heavy atom. The maximum atomic E-state index is 11.1. The zero-order chi connectivity index (χ0) is 16.9. The van der Waals surface area contributed by atoms with Gasteiger partial charge >= 0.3 is 0 Å². The van der Waals surface area contributed by atoms with Gasteiger partial charge < -0.3 is 10.8 Å². The van der Waals surface area contributed by atoms with Crippen molar-refractivity contribution >= 4 is 5.91 Å². The number of amides is 1. The average Bonchev–Trinajstić information content (AvgIpc) is 2.47. The van der Waals surface area contributed by atoms with Crippen molar-refractivity contribution in [2.24, 2.45) is 5.73 Å². The van der Waals surface area contributed by atoms with Crippen molar-refractivity contribution in [3.05, 3.63) is 71.3 Å². The van der Waals surface area contributed by atoms with E-state index in [9.17, 15) is 9.90 Å². The zero-order valence-corrected chi connectivity index (χ0v) is 13.7. The second-order valence-corrected chi connectivity index (χ2v) is 6.50. The van der Waals surface area contributed by atoms with Gasteiger partial charge in [-0.25, -0.2) is 0 Å². The van der Waals surface area contributed by atoms with Crippen LogP contribution in [0.4, 0.5) is 0 Å². The first-order valence-electron chi connectivity index (χ1n) is 7.71. The average molecular weight is 312 g/mol. The summed E-state index contributed by atoms with van der Waals surface area (Å²) in [6.45, 7) is 5.61. The van der Waals surface area contributed by atoms with Crippen LogP contribution >= 0.6 is 0 Å². The predicted octanol–water partition coefficient (Wildman–Crippen LogP) is 2.56. The second-order valence-electron chi connectivity index (χ2n) is 6.50. The van der Waals surface area contributed by atoms with Crippen LogP contribution in [0.2, 0.25) is 0 Å². The number of hydrogen-bond donors (Lipinski definition) is 2. The molecule has 0 aliphatic rings. The summed E-state index contributed by atoms with van der Waals surface area (Å²) in [5, 5.41) is 10.2. The van der Waals surface area contributed by atoms with Gasteiger partial charge in [0.05, 0.1) is 5.60 Å². The van der Waals surface area contributed by atoms with E-state index in [1.807, 2.05) is 30.3 Å². The number of carbonyl (C=O) groups is 1. The molecule has 23 heavy (non-hydrogen) atoms. The summed E-state index contributed by atoms with van der Waals surface area (Å²) in [6.07, 6.45) is 0. The van der Waals surface area contributed by atoms with Gasteiger partial charge in [0.15, 0.2) is 0 Å². The first kappa shape index (κ1) is 17.2. The summed E-state index contributed by atoms with van der Waals surface area (Å²) in [5.41, 5.74) is 7.28. The van der Waals surface area contributed by atoms with Crippen LogP contribution in [0.1, 0.15) is 35.3 Å². The Labute approximate surface area is 137 Å². The zero-order valence-electron chi connectivity index (χ0n) is 13.7. The lowest BCUT2D eigenvalue weighted by Gasteiger charge is -2.29. The van der Waals surface area contributed by atoms with Crippen molar-refractivity contribution in [2.75, 3.05) is 6.54 Å². The molecule has 0 bridgehead atoms. The minimum Gasteiger partial charge on any atom is -0.389 e. The van der Waals surface area contributed by atoms with Crippen LogP contribution in [0.5, 0.6) is 0 Å². The highest BCUT2D eigenvalue weighted by atomic mass is 16.3. The smallest absolute Gasteiger partial charge is 0.248 e. The lowest BCUT2D eigenvalue weighted by Crippen LogP contribution is -2.37. The van der Waals surface area contributed by atoms with E-state index in [0.717, 1.165) is 12.1 Å². The van der Waals surface area contributed by atoms with Gasteiger partial charge in [0.2, 0.25) is 5.91 Å². The molecule has 0 heterocycles. The Balaban J connectivity index is 2.11. The standard InChI is InChI=1S/C19H24N2O2/c1-19(2,23)14-21(12-15-6-4-3-5-7-15)13-16-8-10-17(11-9-16)18(20)22/h3-11,23H,12-14H2,1-2H3,(H2,20,22). The third kappa shape index (κ3) is 5.85. The number of rotatable bonds is 7. The molecule has 0 radical (unpaired) electrons. The van der Waals surface area contributed by atoms with Gasteiger partial charge in [-0.1, -0.05) is 42.5 Å². The van der Waals surface area contributed by atoms with Crippen molar-refractivity contribution in [2.45, 2.75) is 32.5 Å². The molecule has 0 fully saturated rings. The van der Waals surface area contributed by atoms with E-state index in [-0.39, 0.29) is 0 Å². The second kappa shape index (κ2) is 7.40. The van der Waals surface area contributed by atoms with Crippen LogP contribution in [0.25, 0.3) is 0 Å². The highest BCUT2D eigenvalue weighted by Crippen LogP contribution is 2.15. The molecule has 4 nitrogen and oxygen atoms in total. The molecule has 0 unspecified atom stereocenters. The van der Waals surface area contributed by atoms with Gasteiger partial charge in [-0.15, -0.1) is 0 Å². The number of primary amides is 1. The quantitative estimate of drug-likeness (QED) is 0.825. The van der Waals surface area contributed by atoms with Crippen molar-refractivity contribution in [1.29, 1.82) is 0 Å². The van der Waals surface area contributed by atoms with E-state index in [0.29, 0.717) is 18.7 Å². The largest absolute Gasteiger partial charge is 0.389 e. The molecule has 0 saturated heterocycles. The van der Waals surface area contributed by atoms with Crippen molar-refractivity contribution in [1.82, 2.24) is 4.90 Å². The maximum Gasteiger partial charge on any atom is 0.248 e. The molecule has 0 atom stereocenters. The van der Waals surface area contributed by atoms with Crippen LogP contribution in [0.15, 0.2) is 54.6 Å². The van der Waals surface area contributed by atoms with Gasteiger partial charge in [0, 0.05) is 25.2 Å². The van der Waals surface area contributed by atoms with E-state index >= 15 is 0 Å². The van der Waals surface area contributed by atoms with Gasteiger partial charge in [0.25, 0.3) is 0 Å². The lowest BCUT2D eigenvalue weighted by molar-refractivity contribution is 0.0307. The number of aliphatic hydroxyl groups is 1. The predicted molar refractivity (Wildman–Crippen MR) is 91.8 cm³/mol. The first-order chi connectivity index (χ1) is 10.8. The third-order valence-corrected chi connectivity index (χ3v) is 3.50. The van der Waals surface area contributed by atoms with Crippen LogP contribution in [-0.4, -0.2) is 28.1 Å². The molecule has 3 N–H and O–H groups in total. The lowest BCUT2D eigenvalue weighted by atomic mass is 10.1. The highest BCUT2D eigenvalue weighted by Gasteiger charge is 2.18. The van der Waals surface area contributed by atoms with E-state index in [2.05, 4.69) is 17.0 Å². The molecule has 0 aromatic heterocycles. The van der Waals surface area contributed by atoms with Crippen LogP contribution in [0, 0.1) is 0 Å². The monoisotopic (exact) mass is 312 g/mol. The molecule has 2 aromatic rings. The topological polar surface area (TPSA) is 66.6 Å². The number of hydrogen-bond acceptors (Lipinski definition) is 3. The molecule has 0 saturated carbocycles. The third-order valence-electron chi connectivity index (χ3n) is 3.50. The summed E-state index contributed by atoms with van der Waals surface area (Å²) in [6, 6.07) is 17.5. The number of nitrogens with two attached hydrogens (primary N) is 1. The molecule has 2 aromatic carbocycles. The first-order valence-corrected chi connectivity index (χ1v) is 7.71. The Hall–Kier alpha value is -2.17. The van der Waals surface area contributed by atoms with E-state index in [4.69, 9.17) is 5.73 Å². The Morgan fingerprint density at radius 2 is 1.52 bits per heavy atom. The van der Waals surface area contributed by atoms with Gasteiger partial charge in [-0.2, -0.15) is 0 Å². The Bertz CT molecular complexity index is 631. The summed E-state index contributed by atoms with van der Waals surface area (Å²) in [7, 11) is 0. The molecule has 0 aliphatic carbocycles. The maximum absolute atomic E-state index is 11.1. The van der Waals surface area contributed by atoms with Crippen molar-refractivity contribution in [3.8, 4) is 0 Å². The molecule has 1 amide bonds. The van der Waals surface area contributed by atoms with Crippen molar-refractivity contribution in [3.63, 3.8) is 0 Å². The summed E-state index contributed by atoms with van der Waals surface area (Å²) in [5.74, 6) is -0.422. The molecule has 2 rings (SSSR count). The normalized spacial score (nSPS) is 11.7. The van der Waals surface area contributed by atoms with Gasteiger partial charge in [-0.3, -0.25) is 9.69 Å². The van der Waals surface area contributed by atoms with Gasteiger partial charge in [0.1, 0.15) is 0 Å². The fourth-order valence-electron chi connectivity index (χ4n) is 2.59. The molecule has 122 valence electrons. The van der Waals surface area contributed by atoms with E-state index in [1.165, 1.54) is 5.56 Å². The summed E-state index contributed by atoms with van der Waals surface area (Å²) >= 11 is 0. The molecule has 4 heteroatoms. The fraction of sp³-hybridized carbons (Fsp3) is 0.316. The van der Waals surface area contributed by atoms with Crippen LogP contribution in [0.3, 0.4) is 0 Å². The SMILES string of the molecule is CC(C)(O)CN(Cc1ccccc1)Cc1ccc(C(N)=O)cc1. The van der Waals surface area contributed by atoms with Crippen LogP contribution < -0.4 is 5.73 Å². The molecular formula is C19H24N2O2. The van der Waals surface area contributed by atoms with Crippen LogP contribution in [-0.2, 0) is 13.1 Å². The molecule has 0 spiro atoms. The fourth-order valence-corrected chi connectivity index (χ4v) is 2.59. The van der Waals surface area contributed by atoms with Gasteiger partial charge in [-0.05, 0) is 37.1 Å². The Morgan fingerprint density at radius 1 is 1.00 bits per heavy atom. The van der Waals surface area contributed by atoms with Crippen molar-refractivity contribution < 1.29 is 9.90 Å². The minimum atomic E-state index is -0.776. The summed E-state index contributed by atoms with van der Waals surface area (Å²) in [4.78, 5) is 13.3. The summed E-state index contributed by atoms with van der Waals surface area (Å²) < 4.78 is 0. The molecular weight excluding hydrogens is 288 g/mol. The highest BCUT2D eigenvalue weighted by molar-refractivity contribution is 5.92.